The van der Waals surface area contributed by atoms with E-state index in [2.05, 4.69) is 39.7 Å². The van der Waals surface area contributed by atoms with Gasteiger partial charge in [-0.1, -0.05) is 37.2 Å². The lowest BCUT2D eigenvalue weighted by molar-refractivity contribution is 0.0947. The second-order valence-electron chi connectivity index (χ2n) is 9.09. The molecule has 0 aliphatic carbocycles. The highest BCUT2D eigenvalue weighted by molar-refractivity contribution is 6.03. The van der Waals surface area contributed by atoms with Gasteiger partial charge in [0.1, 0.15) is 11.4 Å². The first kappa shape index (κ1) is 23.6. The minimum Gasteiger partial charge on any atom is -0.508 e. The monoisotopic (exact) mass is 462 g/mol. The molecule has 0 fully saturated rings. The van der Waals surface area contributed by atoms with E-state index in [0.717, 1.165) is 31.5 Å². The minimum atomic E-state index is -0.356. The van der Waals surface area contributed by atoms with Crippen LogP contribution in [-0.4, -0.2) is 41.2 Å². The van der Waals surface area contributed by atoms with Crippen molar-refractivity contribution in [1.82, 2.24) is 15.4 Å². The van der Waals surface area contributed by atoms with Crippen molar-refractivity contribution < 1.29 is 14.4 Å². The van der Waals surface area contributed by atoms with E-state index in [0.29, 0.717) is 23.2 Å². The zero-order valence-corrected chi connectivity index (χ0v) is 20.0. The molecule has 8 heteroatoms. The van der Waals surface area contributed by atoms with E-state index < -0.39 is 0 Å². The zero-order valence-electron chi connectivity index (χ0n) is 20.0. The number of aromatic nitrogens is 1. The van der Waals surface area contributed by atoms with Gasteiger partial charge < -0.3 is 19.8 Å². The molecule has 4 rings (SSSR count). The Hall–Kier alpha value is -3.52. The van der Waals surface area contributed by atoms with E-state index >= 15 is 0 Å². The smallest absolute Gasteiger partial charge is 0.274 e. The highest BCUT2D eigenvalue weighted by atomic mass is 16.5. The Labute approximate surface area is 198 Å². The van der Waals surface area contributed by atoms with Crippen molar-refractivity contribution in [3.05, 3.63) is 57.6 Å². The van der Waals surface area contributed by atoms with Gasteiger partial charge in [0.25, 0.3) is 5.91 Å². The number of aromatic hydroxyl groups is 1. The third-order valence-electron chi connectivity index (χ3n) is 6.28. The molecule has 178 valence electrons. The first-order chi connectivity index (χ1) is 16.3. The van der Waals surface area contributed by atoms with Crippen LogP contribution in [0.3, 0.4) is 0 Å². The lowest BCUT2D eigenvalue weighted by Crippen LogP contribution is -2.23. The van der Waals surface area contributed by atoms with Crippen LogP contribution >= 0.6 is 0 Å². The van der Waals surface area contributed by atoms with Crippen LogP contribution < -0.4 is 5.32 Å². The van der Waals surface area contributed by atoms with Crippen molar-refractivity contribution in [1.29, 1.82) is 0 Å². The summed E-state index contributed by atoms with van der Waals surface area (Å²) in [4.78, 5) is 26.9. The predicted octanol–water partition coefficient (Wildman–Crippen LogP) is 5.36. The van der Waals surface area contributed by atoms with E-state index in [1.165, 1.54) is 17.2 Å². The Balaban J connectivity index is 1.94. The number of phenols is 1. The van der Waals surface area contributed by atoms with Crippen LogP contribution in [0.5, 0.6) is 5.75 Å². The molecule has 0 saturated carbocycles. The summed E-state index contributed by atoms with van der Waals surface area (Å²) in [5.74, 6) is -0.0835. The van der Waals surface area contributed by atoms with E-state index in [1.54, 1.807) is 6.07 Å². The number of carbonyl (C=O) groups excluding carboxylic acids is 1. The Morgan fingerprint density at radius 1 is 1.26 bits per heavy atom. The lowest BCUT2D eigenvalue weighted by Gasteiger charge is -2.15. The number of carbonyl (C=O) groups is 1. The molecule has 0 spiro atoms. The molecule has 0 atom stereocenters. The summed E-state index contributed by atoms with van der Waals surface area (Å²) in [5.41, 5.74) is 4.99. The number of aryl methyl sites for hydroxylation is 1. The molecule has 3 aromatic rings. The summed E-state index contributed by atoms with van der Waals surface area (Å²) in [6.07, 6.45) is 1.98. The normalized spacial score (nSPS) is 14.0. The van der Waals surface area contributed by atoms with Crippen LogP contribution in [-0.2, 0) is 13.0 Å². The van der Waals surface area contributed by atoms with Crippen LogP contribution in [0.4, 0.5) is 5.69 Å². The second kappa shape index (κ2) is 9.77. The van der Waals surface area contributed by atoms with Gasteiger partial charge in [-0.15, -0.1) is 4.91 Å². The number of amides is 1. The SMILES string of the molecule is CCNC(=O)c1noc(-c2cc(C(C)C)c(O)cc2N=O)c1-c1ccc2c(c1)CCCN(C)C2. The van der Waals surface area contributed by atoms with Gasteiger partial charge in [0, 0.05) is 19.2 Å². The number of hydrogen-bond acceptors (Lipinski definition) is 7. The lowest BCUT2D eigenvalue weighted by atomic mass is 9.92. The molecular weight excluding hydrogens is 432 g/mol. The van der Waals surface area contributed by atoms with Gasteiger partial charge >= 0.3 is 0 Å². The molecule has 2 heterocycles. The summed E-state index contributed by atoms with van der Waals surface area (Å²) in [6.45, 7) is 8.04. The van der Waals surface area contributed by atoms with Gasteiger partial charge in [0.2, 0.25) is 0 Å². The number of phenolic OH excluding ortho intramolecular Hbond substituents is 1. The van der Waals surface area contributed by atoms with Crippen molar-refractivity contribution in [3.63, 3.8) is 0 Å². The zero-order chi connectivity index (χ0) is 24.4. The summed E-state index contributed by atoms with van der Waals surface area (Å²) < 4.78 is 5.71. The van der Waals surface area contributed by atoms with Crippen LogP contribution in [0.25, 0.3) is 22.5 Å². The Morgan fingerprint density at radius 3 is 2.76 bits per heavy atom. The summed E-state index contributed by atoms with van der Waals surface area (Å²) in [7, 11) is 2.11. The number of nitroso groups, excluding NO2 is 1. The maximum absolute atomic E-state index is 12.9. The van der Waals surface area contributed by atoms with Crippen molar-refractivity contribution in [2.75, 3.05) is 20.1 Å². The molecule has 1 aliphatic heterocycles. The topological polar surface area (TPSA) is 108 Å². The van der Waals surface area contributed by atoms with Crippen LogP contribution in [0.15, 0.2) is 40.0 Å². The van der Waals surface area contributed by atoms with E-state index in [1.807, 2.05) is 26.8 Å². The number of hydrogen-bond donors (Lipinski definition) is 2. The molecule has 2 N–H and O–H groups in total. The van der Waals surface area contributed by atoms with Gasteiger partial charge in [-0.3, -0.25) is 4.79 Å². The third kappa shape index (κ3) is 4.46. The van der Waals surface area contributed by atoms with Gasteiger partial charge in [-0.25, -0.2) is 0 Å². The first-order valence-corrected chi connectivity index (χ1v) is 11.6. The molecule has 1 aliphatic rings. The second-order valence-corrected chi connectivity index (χ2v) is 9.09. The standard InChI is InChI=1S/C26H30N4O4/c1-5-27-26(32)24-23(17-8-9-18-14-30(4)10-6-7-16(18)11-17)25(34-29-24)20-12-19(15(2)3)22(31)13-21(20)28-33/h8-9,11-13,15,31H,5-7,10,14H2,1-4H3,(H,27,32). The summed E-state index contributed by atoms with van der Waals surface area (Å²) in [5, 5.41) is 20.4. The predicted molar refractivity (Wildman–Crippen MR) is 131 cm³/mol. The van der Waals surface area contributed by atoms with Crippen molar-refractivity contribution in [3.8, 4) is 28.2 Å². The average molecular weight is 463 g/mol. The van der Waals surface area contributed by atoms with Crippen LogP contribution in [0, 0.1) is 4.91 Å². The number of nitrogens with one attached hydrogen (secondary N) is 1. The molecule has 1 amide bonds. The Morgan fingerprint density at radius 2 is 2.06 bits per heavy atom. The summed E-state index contributed by atoms with van der Waals surface area (Å²) in [6, 6.07) is 9.17. The Bertz CT molecular complexity index is 1230. The highest BCUT2D eigenvalue weighted by Crippen LogP contribution is 2.44. The van der Waals surface area contributed by atoms with Crippen LogP contribution in [0.2, 0.25) is 0 Å². The number of rotatable bonds is 6. The van der Waals surface area contributed by atoms with Gasteiger partial charge in [0.05, 0.1) is 11.1 Å². The summed E-state index contributed by atoms with van der Waals surface area (Å²) >= 11 is 0. The maximum Gasteiger partial charge on any atom is 0.274 e. The molecular formula is C26H30N4O4. The fourth-order valence-corrected chi connectivity index (χ4v) is 4.53. The first-order valence-electron chi connectivity index (χ1n) is 11.6. The molecule has 0 unspecified atom stereocenters. The molecule has 2 aromatic carbocycles. The highest BCUT2D eigenvalue weighted by Gasteiger charge is 2.28. The molecule has 0 bridgehead atoms. The number of nitrogens with zero attached hydrogens (tertiary/aromatic N) is 3. The average Bonchev–Trinajstić information content (AvgIpc) is 3.15. The van der Waals surface area contributed by atoms with Crippen LogP contribution in [0.1, 0.15) is 60.3 Å². The fourth-order valence-electron chi connectivity index (χ4n) is 4.53. The molecule has 8 nitrogen and oxygen atoms in total. The van der Waals surface area contributed by atoms with Gasteiger partial charge in [0.15, 0.2) is 11.5 Å². The van der Waals surface area contributed by atoms with Crippen molar-refractivity contribution >= 4 is 11.6 Å². The maximum atomic E-state index is 12.9. The molecule has 0 radical (unpaired) electrons. The third-order valence-corrected chi connectivity index (χ3v) is 6.28. The quantitative estimate of drug-likeness (QED) is 0.477. The minimum absolute atomic E-state index is 0.00170. The molecule has 0 saturated heterocycles. The number of fused-ring (bicyclic) bond motifs is 1. The van der Waals surface area contributed by atoms with E-state index in [9.17, 15) is 14.8 Å². The van der Waals surface area contributed by atoms with E-state index in [-0.39, 0.29) is 34.7 Å². The van der Waals surface area contributed by atoms with Crippen molar-refractivity contribution in [2.45, 2.75) is 46.1 Å². The molecule has 1 aromatic heterocycles. The molecule has 34 heavy (non-hydrogen) atoms. The number of benzene rings is 2. The Kier molecular flexibility index (Phi) is 6.79. The largest absolute Gasteiger partial charge is 0.508 e. The van der Waals surface area contributed by atoms with Crippen molar-refractivity contribution in [2.24, 2.45) is 5.18 Å². The van der Waals surface area contributed by atoms with E-state index in [4.69, 9.17) is 4.52 Å². The fraction of sp³-hybridized carbons (Fsp3) is 0.385. The van der Waals surface area contributed by atoms with Gasteiger partial charge in [-0.05, 0) is 72.8 Å². The van der Waals surface area contributed by atoms with Gasteiger partial charge in [-0.2, -0.15) is 0 Å².